The van der Waals surface area contributed by atoms with E-state index >= 15 is 0 Å². The lowest BCUT2D eigenvalue weighted by Crippen LogP contribution is -2.05. The summed E-state index contributed by atoms with van der Waals surface area (Å²) in [4.78, 5) is 26.2. The van der Waals surface area contributed by atoms with E-state index in [0.717, 1.165) is 23.1 Å². The van der Waals surface area contributed by atoms with Crippen molar-refractivity contribution in [3.63, 3.8) is 0 Å². The normalized spacial score (nSPS) is 9.86. The number of ether oxygens (including phenoxy) is 1. The molecule has 0 N–H and O–H groups in total. The average molecular weight is 231 g/mol. The van der Waals surface area contributed by atoms with E-state index in [2.05, 4.69) is 4.98 Å². The Morgan fingerprint density at radius 1 is 1.64 bits per heavy atom. The van der Waals surface area contributed by atoms with Gasteiger partial charge in [-0.05, 0) is 13.2 Å². The second-order valence-corrected chi connectivity index (χ2v) is 3.89. The SMILES string of the molecule is CCOC(=O)c1csc(C(=O)SC)n1. The van der Waals surface area contributed by atoms with E-state index < -0.39 is 5.97 Å². The molecule has 1 heterocycles. The van der Waals surface area contributed by atoms with Crippen molar-refractivity contribution in [1.82, 2.24) is 4.98 Å². The lowest BCUT2D eigenvalue weighted by atomic mass is 10.5. The molecule has 4 nitrogen and oxygen atoms in total. The highest BCUT2D eigenvalue weighted by molar-refractivity contribution is 8.13. The van der Waals surface area contributed by atoms with Crippen LogP contribution in [0.15, 0.2) is 5.38 Å². The Kier molecular flexibility index (Phi) is 4.09. The number of hydrogen-bond acceptors (Lipinski definition) is 6. The van der Waals surface area contributed by atoms with Crippen molar-refractivity contribution in [3.8, 4) is 0 Å². The molecule has 1 rings (SSSR count). The number of esters is 1. The van der Waals surface area contributed by atoms with Crippen LogP contribution in [0.25, 0.3) is 0 Å². The fraction of sp³-hybridized carbons (Fsp3) is 0.375. The number of carbonyl (C=O) groups is 2. The van der Waals surface area contributed by atoms with E-state index in [1.54, 1.807) is 13.2 Å². The number of carbonyl (C=O) groups excluding carboxylic acids is 2. The first kappa shape index (κ1) is 11.2. The van der Waals surface area contributed by atoms with Gasteiger partial charge < -0.3 is 4.74 Å². The first-order valence-electron chi connectivity index (χ1n) is 3.90. The Balaban J connectivity index is 2.77. The van der Waals surface area contributed by atoms with Crippen LogP contribution in [0.1, 0.15) is 27.2 Å². The Bertz CT molecular complexity index is 348. The molecule has 0 spiro atoms. The molecule has 14 heavy (non-hydrogen) atoms. The maximum absolute atomic E-state index is 11.2. The van der Waals surface area contributed by atoms with E-state index in [-0.39, 0.29) is 10.8 Å². The van der Waals surface area contributed by atoms with Gasteiger partial charge in [0.05, 0.1) is 6.61 Å². The van der Waals surface area contributed by atoms with Crippen molar-refractivity contribution in [1.29, 1.82) is 0 Å². The van der Waals surface area contributed by atoms with Crippen molar-refractivity contribution in [2.45, 2.75) is 6.92 Å². The van der Waals surface area contributed by atoms with Crippen molar-refractivity contribution >= 4 is 34.2 Å². The van der Waals surface area contributed by atoms with E-state index in [0.29, 0.717) is 11.6 Å². The van der Waals surface area contributed by atoms with Gasteiger partial charge in [0.1, 0.15) is 0 Å². The van der Waals surface area contributed by atoms with Crippen LogP contribution in [-0.4, -0.2) is 28.9 Å². The molecule has 1 aromatic rings. The fourth-order valence-corrected chi connectivity index (χ4v) is 1.99. The summed E-state index contributed by atoms with van der Waals surface area (Å²) in [5.74, 6) is -0.482. The van der Waals surface area contributed by atoms with Crippen molar-refractivity contribution in [2.24, 2.45) is 0 Å². The van der Waals surface area contributed by atoms with Crippen molar-refractivity contribution in [2.75, 3.05) is 12.9 Å². The Labute approximate surface area is 89.7 Å². The van der Waals surface area contributed by atoms with E-state index in [1.165, 1.54) is 5.38 Å². The molecule has 0 fully saturated rings. The lowest BCUT2D eigenvalue weighted by molar-refractivity contribution is 0.0520. The average Bonchev–Trinajstić information content (AvgIpc) is 2.66. The third-order valence-electron chi connectivity index (χ3n) is 1.35. The predicted molar refractivity (Wildman–Crippen MR) is 55.9 cm³/mol. The van der Waals surface area contributed by atoms with Gasteiger partial charge in [0, 0.05) is 5.38 Å². The molecule has 0 unspecified atom stereocenters. The number of hydrogen-bond donors (Lipinski definition) is 0. The standard InChI is InChI=1S/C8H9NO3S2/c1-3-12-7(10)5-4-14-6(9-5)8(11)13-2/h4H,3H2,1-2H3. The Morgan fingerprint density at radius 2 is 2.36 bits per heavy atom. The molecular formula is C8H9NO3S2. The zero-order valence-electron chi connectivity index (χ0n) is 7.77. The summed E-state index contributed by atoms with van der Waals surface area (Å²) >= 11 is 2.23. The van der Waals surface area contributed by atoms with Gasteiger partial charge >= 0.3 is 5.97 Å². The molecule has 1 aromatic heterocycles. The summed E-state index contributed by atoms with van der Waals surface area (Å²) in [6.45, 7) is 2.03. The van der Waals surface area contributed by atoms with Crippen LogP contribution >= 0.6 is 23.1 Å². The van der Waals surface area contributed by atoms with E-state index in [4.69, 9.17) is 4.74 Å². The van der Waals surface area contributed by atoms with Crippen LogP contribution in [0.4, 0.5) is 0 Å². The molecule has 0 saturated heterocycles. The maximum Gasteiger partial charge on any atom is 0.357 e. The Morgan fingerprint density at radius 3 is 2.93 bits per heavy atom. The molecule has 0 bridgehead atoms. The highest BCUT2D eigenvalue weighted by atomic mass is 32.2. The van der Waals surface area contributed by atoms with Crippen LogP contribution < -0.4 is 0 Å². The summed E-state index contributed by atoms with van der Waals surface area (Å²) in [5.41, 5.74) is 0.203. The van der Waals surface area contributed by atoms with Gasteiger partial charge in [0.25, 0.3) is 0 Å². The molecule has 76 valence electrons. The number of nitrogens with zero attached hydrogens (tertiary/aromatic N) is 1. The maximum atomic E-state index is 11.2. The van der Waals surface area contributed by atoms with Gasteiger partial charge in [-0.1, -0.05) is 11.8 Å². The zero-order valence-corrected chi connectivity index (χ0v) is 9.41. The fourth-order valence-electron chi connectivity index (χ4n) is 0.754. The molecule has 0 radical (unpaired) electrons. The van der Waals surface area contributed by atoms with Crippen molar-refractivity contribution < 1.29 is 14.3 Å². The first-order valence-corrected chi connectivity index (χ1v) is 6.00. The number of rotatable bonds is 3. The lowest BCUT2D eigenvalue weighted by Gasteiger charge is -1.95. The van der Waals surface area contributed by atoms with Crippen LogP contribution in [0, 0.1) is 0 Å². The molecule has 6 heteroatoms. The summed E-state index contributed by atoms with van der Waals surface area (Å²) in [6.07, 6.45) is 1.67. The van der Waals surface area contributed by atoms with Gasteiger partial charge in [-0.25, -0.2) is 9.78 Å². The Hall–Kier alpha value is -0.880. The van der Waals surface area contributed by atoms with Crippen LogP contribution in [0.2, 0.25) is 0 Å². The van der Waals surface area contributed by atoms with Gasteiger partial charge in [0.15, 0.2) is 10.7 Å². The minimum Gasteiger partial charge on any atom is -0.461 e. The quantitative estimate of drug-likeness (QED) is 0.743. The van der Waals surface area contributed by atoms with Crippen LogP contribution in [0.5, 0.6) is 0 Å². The third-order valence-corrected chi connectivity index (χ3v) is 2.88. The van der Waals surface area contributed by atoms with Gasteiger partial charge in [-0.15, -0.1) is 11.3 Å². The van der Waals surface area contributed by atoms with Crippen LogP contribution in [-0.2, 0) is 4.74 Å². The molecule has 0 aliphatic heterocycles. The van der Waals surface area contributed by atoms with Gasteiger partial charge in [0.2, 0.25) is 5.12 Å². The van der Waals surface area contributed by atoms with Crippen molar-refractivity contribution in [3.05, 3.63) is 16.1 Å². The number of thioether (sulfide) groups is 1. The molecule has 0 amide bonds. The minimum absolute atomic E-state index is 0.134. The predicted octanol–water partition coefficient (Wildman–Crippen LogP) is 1.82. The third kappa shape index (κ3) is 2.55. The monoisotopic (exact) mass is 231 g/mol. The second kappa shape index (κ2) is 5.11. The summed E-state index contributed by atoms with van der Waals surface area (Å²) in [7, 11) is 0. The highest BCUT2D eigenvalue weighted by Gasteiger charge is 2.15. The topological polar surface area (TPSA) is 56.3 Å². The summed E-state index contributed by atoms with van der Waals surface area (Å²) < 4.78 is 4.74. The molecular weight excluding hydrogens is 222 g/mol. The molecule has 0 saturated carbocycles. The van der Waals surface area contributed by atoms with Crippen LogP contribution in [0.3, 0.4) is 0 Å². The summed E-state index contributed by atoms with van der Waals surface area (Å²) in [5, 5.41) is 1.73. The van der Waals surface area contributed by atoms with Gasteiger partial charge in [-0.3, -0.25) is 4.79 Å². The highest BCUT2D eigenvalue weighted by Crippen LogP contribution is 2.15. The smallest absolute Gasteiger partial charge is 0.357 e. The minimum atomic E-state index is -0.482. The first-order chi connectivity index (χ1) is 6.69. The van der Waals surface area contributed by atoms with E-state index in [9.17, 15) is 9.59 Å². The molecule has 0 atom stereocenters. The molecule has 0 aliphatic rings. The van der Waals surface area contributed by atoms with E-state index in [1.807, 2.05) is 0 Å². The summed E-state index contributed by atoms with van der Waals surface area (Å²) in [6, 6.07) is 0. The number of aromatic nitrogens is 1. The molecule has 0 aliphatic carbocycles. The zero-order chi connectivity index (χ0) is 10.6. The molecule has 0 aromatic carbocycles. The largest absolute Gasteiger partial charge is 0.461 e. The second-order valence-electron chi connectivity index (χ2n) is 2.25. The number of thiazole rings is 1. The van der Waals surface area contributed by atoms with Gasteiger partial charge in [-0.2, -0.15) is 0 Å².